The molecular weight excluding hydrogens is 264 g/mol. The zero-order chi connectivity index (χ0) is 12.1. The van der Waals surface area contributed by atoms with Gasteiger partial charge in [-0.25, -0.2) is 0 Å². The maximum atomic E-state index is 4.64. The molecule has 0 fully saturated rings. The van der Waals surface area contributed by atoms with Crippen molar-refractivity contribution in [1.29, 1.82) is 0 Å². The van der Waals surface area contributed by atoms with Gasteiger partial charge < -0.3 is 5.32 Å². The van der Waals surface area contributed by atoms with Crippen LogP contribution >= 0.6 is 23.7 Å². The summed E-state index contributed by atoms with van der Waals surface area (Å²) in [7, 11) is 0. The second-order valence-corrected chi connectivity index (χ2v) is 5.86. The lowest BCUT2D eigenvalue weighted by molar-refractivity contribution is 0.561. The first-order chi connectivity index (χ1) is 8.27. The molecule has 18 heavy (non-hydrogen) atoms. The van der Waals surface area contributed by atoms with Gasteiger partial charge in [-0.15, -0.1) is 23.7 Å². The van der Waals surface area contributed by atoms with Gasteiger partial charge in [-0.2, -0.15) is 0 Å². The highest BCUT2D eigenvalue weighted by atomic mass is 35.5. The van der Waals surface area contributed by atoms with Gasteiger partial charge in [0.1, 0.15) is 0 Å². The summed E-state index contributed by atoms with van der Waals surface area (Å²) >= 11 is 1.85. The molecule has 0 amide bonds. The number of amidine groups is 1. The topological polar surface area (TPSA) is 24.4 Å². The molecule has 1 aliphatic rings. The minimum atomic E-state index is 0. The standard InChI is InChI=1S/C14H22N2S.ClH/c1-11(13-7-6-10-17-13)12(2)16-14-8-4-3-5-9-15-14;/h6-7,10-12H,3-5,8-9H2,1-2H3,(H,15,16);1H. The lowest BCUT2D eigenvalue weighted by Crippen LogP contribution is -2.35. The Morgan fingerprint density at radius 3 is 2.83 bits per heavy atom. The van der Waals surface area contributed by atoms with Gasteiger partial charge in [-0.05, 0) is 31.2 Å². The van der Waals surface area contributed by atoms with E-state index in [1.54, 1.807) is 0 Å². The van der Waals surface area contributed by atoms with E-state index >= 15 is 0 Å². The molecule has 0 aromatic carbocycles. The Balaban J connectivity index is 0.00000162. The summed E-state index contributed by atoms with van der Waals surface area (Å²) in [6.07, 6.45) is 4.98. The SMILES string of the molecule is CC(NC1=NCCCCC1)C(C)c1cccs1.Cl. The average Bonchev–Trinajstić information content (AvgIpc) is 2.74. The Morgan fingerprint density at radius 1 is 1.28 bits per heavy atom. The van der Waals surface area contributed by atoms with E-state index in [2.05, 4.69) is 41.7 Å². The largest absolute Gasteiger partial charge is 0.371 e. The molecule has 1 aliphatic heterocycles. The number of hydrogen-bond acceptors (Lipinski definition) is 3. The number of thiophene rings is 1. The van der Waals surface area contributed by atoms with Crippen molar-refractivity contribution in [2.75, 3.05) is 6.54 Å². The van der Waals surface area contributed by atoms with Gasteiger partial charge in [-0.1, -0.05) is 19.4 Å². The fourth-order valence-corrected chi connectivity index (χ4v) is 3.07. The molecule has 1 aromatic rings. The lowest BCUT2D eigenvalue weighted by atomic mass is 10.0. The van der Waals surface area contributed by atoms with Crippen LogP contribution in [-0.4, -0.2) is 18.4 Å². The summed E-state index contributed by atoms with van der Waals surface area (Å²) in [6.45, 7) is 5.56. The van der Waals surface area contributed by atoms with Crippen molar-refractivity contribution in [2.24, 2.45) is 4.99 Å². The van der Waals surface area contributed by atoms with Crippen molar-refractivity contribution in [1.82, 2.24) is 5.32 Å². The number of aliphatic imine (C=N–C) groups is 1. The minimum Gasteiger partial charge on any atom is -0.371 e. The summed E-state index contributed by atoms with van der Waals surface area (Å²) in [5.41, 5.74) is 0. The number of hydrogen-bond donors (Lipinski definition) is 1. The Bertz CT molecular complexity index is 362. The van der Waals surface area contributed by atoms with Crippen LogP contribution in [0.3, 0.4) is 0 Å². The van der Waals surface area contributed by atoms with Crippen LogP contribution in [-0.2, 0) is 0 Å². The summed E-state index contributed by atoms with van der Waals surface area (Å²) in [5.74, 6) is 1.78. The van der Waals surface area contributed by atoms with Crippen LogP contribution in [0.25, 0.3) is 0 Å². The van der Waals surface area contributed by atoms with Crippen LogP contribution in [0.4, 0.5) is 0 Å². The molecule has 0 saturated heterocycles. The van der Waals surface area contributed by atoms with Gasteiger partial charge in [-0.3, -0.25) is 4.99 Å². The monoisotopic (exact) mass is 286 g/mol. The number of nitrogens with one attached hydrogen (secondary N) is 1. The smallest absolute Gasteiger partial charge is 0.0965 e. The zero-order valence-corrected chi connectivity index (χ0v) is 12.8. The summed E-state index contributed by atoms with van der Waals surface area (Å²) in [5, 5.41) is 5.76. The van der Waals surface area contributed by atoms with E-state index < -0.39 is 0 Å². The predicted octanol–water partition coefficient (Wildman–Crippen LogP) is 4.22. The fourth-order valence-electron chi connectivity index (χ4n) is 2.18. The predicted molar refractivity (Wildman–Crippen MR) is 83.3 cm³/mol. The van der Waals surface area contributed by atoms with Crippen molar-refractivity contribution in [2.45, 2.75) is 51.5 Å². The van der Waals surface area contributed by atoms with Gasteiger partial charge in [0.15, 0.2) is 0 Å². The molecule has 102 valence electrons. The molecule has 0 bridgehead atoms. The highest BCUT2D eigenvalue weighted by Gasteiger charge is 2.16. The highest BCUT2D eigenvalue weighted by molar-refractivity contribution is 7.10. The van der Waals surface area contributed by atoms with E-state index in [0.29, 0.717) is 12.0 Å². The molecule has 4 heteroatoms. The average molecular weight is 287 g/mol. The van der Waals surface area contributed by atoms with Crippen molar-refractivity contribution in [3.8, 4) is 0 Å². The molecule has 1 aromatic heterocycles. The third-order valence-electron chi connectivity index (χ3n) is 3.51. The molecule has 2 nitrogen and oxygen atoms in total. The molecule has 2 unspecified atom stereocenters. The molecule has 0 aliphatic carbocycles. The highest BCUT2D eigenvalue weighted by Crippen LogP contribution is 2.24. The molecule has 0 saturated carbocycles. The van der Waals surface area contributed by atoms with Crippen LogP contribution in [0.1, 0.15) is 50.3 Å². The van der Waals surface area contributed by atoms with Gasteiger partial charge in [0, 0.05) is 29.8 Å². The first-order valence-corrected chi connectivity index (χ1v) is 7.48. The van der Waals surface area contributed by atoms with E-state index in [-0.39, 0.29) is 12.4 Å². The molecule has 1 N–H and O–H groups in total. The Morgan fingerprint density at radius 2 is 2.11 bits per heavy atom. The van der Waals surface area contributed by atoms with Crippen LogP contribution in [0.5, 0.6) is 0 Å². The molecule has 2 heterocycles. The summed E-state index contributed by atoms with van der Waals surface area (Å²) in [6, 6.07) is 4.82. The molecule has 2 rings (SSSR count). The van der Waals surface area contributed by atoms with Crippen LogP contribution in [0.15, 0.2) is 22.5 Å². The zero-order valence-electron chi connectivity index (χ0n) is 11.2. The van der Waals surface area contributed by atoms with E-state index in [9.17, 15) is 0 Å². The maximum Gasteiger partial charge on any atom is 0.0965 e. The number of rotatable bonds is 3. The van der Waals surface area contributed by atoms with Crippen LogP contribution < -0.4 is 5.32 Å². The Kier molecular flexibility index (Phi) is 6.72. The molecule has 0 radical (unpaired) electrons. The Labute approximate surface area is 120 Å². The second-order valence-electron chi connectivity index (χ2n) is 4.88. The number of halogens is 1. The van der Waals surface area contributed by atoms with E-state index in [1.807, 2.05) is 11.3 Å². The van der Waals surface area contributed by atoms with E-state index in [0.717, 1.165) is 13.0 Å². The van der Waals surface area contributed by atoms with Crippen molar-refractivity contribution in [3.63, 3.8) is 0 Å². The van der Waals surface area contributed by atoms with Crippen molar-refractivity contribution in [3.05, 3.63) is 22.4 Å². The van der Waals surface area contributed by atoms with E-state index in [1.165, 1.54) is 30.0 Å². The number of nitrogens with zero attached hydrogens (tertiary/aromatic N) is 1. The maximum absolute atomic E-state index is 4.64. The second kappa shape index (κ2) is 7.80. The first kappa shape index (κ1) is 15.5. The minimum absolute atomic E-state index is 0. The van der Waals surface area contributed by atoms with Gasteiger partial charge in [0.25, 0.3) is 0 Å². The van der Waals surface area contributed by atoms with E-state index in [4.69, 9.17) is 0 Å². The molecule has 2 atom stereocenters. The summed E-state index contributed by atoms with van der Waals surface area (Å²) in [4.78, 5) is 6.09. The van der Waals surface area contributed by atoms with Crippen LogP contribution in [0, 0.1) is 0 Å². The van der Waals surface area contributed by atoms with Gasteiger partial charge in [0.05, 0.1) is 5.84 Å². The van der Waals surface area contributed by atoms with Gasteiger partial charge >= 0.3 is 0 Å². The van der Waals surface area contributed by atoms with Crippen molar-refractivity contribution < 1.29 is 0 Å². The first-order valence-electron chi connectivity index (χ1n) is 6.60. The van der Waals surface area contributed by atoms with Crippen molar-refractivity contribution >= 4 is 29.6 Å². The Hall–Kier alpha value is -0.540. The quantitative estimate of drug-likeness (QED) is 0.884. The molecular formula is C14H23ClN2S. The fraction of sp³-hybridized carbons (Fsp3) is 0.643. The third-order valence-corrected chi connectivity index (χ3v) is 4.58. The van der Waals surface area contributed by atoms with Gasteiger partial charge in [0.2, 0.25) is 0 Å². The molecule has 0 spiro atoms. The normalized spacial score (nSPS) is 19.1. The third kappa shape index (κ3) is 4.29. The summed E-state index contributed by atoms with van der Waals surface area (Å²) < 4.78 is 0. The lowest BCUT2D eigenvalue weighted by Gasteiger charge is -2.22. The van der Waals surface area contributed by atoms with Crippen LogP contribution in [0.2, 0.25) is 0 Å².